The molecule has 25 heavy (non-hydrogen) atoms. The number of aromatic carboxylic acids is 1. The lowest BCUT2D eigenvalue weighted by atomic mass is 9.90. The number of carboxylic acid groups (broad SMARTS) is 1. The van der Waals surface area contributed by atoms with Crippen LogP contribution in [0.15, 0.2) is 42.5 Å². The monoisotopic (exact) mass is 345 g/mol. The molecule has 0 spiro atoms. The molecule has 0 unspecified atom stereocenters. The van der Waals surface area contributed by atoms with Crippen LogP contribution < -0.4 is 0 Å². The first-order valence-corrected chi connectivity index (χ1v) is 8.50. The molecule has 1 heterocycles. The van der Waals surface area contributed by atoms with Crippen molar-refractivity contribution >= 4 is 5.97 Å². The third kappa shape index (κ3) is 4.63. The summed E-state index contributed by atoms with van der Waals surface area (Å²) in [5.74, 6) is -2.03. The molecule has 2 aromatic rings. The van der Waals surface area contributed by atoms with E-state index >= 15 is 0 Å². The number of hydrogen-bond donors (Lipinski definition) is 1. The van der Waals surface area contributed by atoms with Gasteiger partial charge in [-0.2, -0.15) is 0 Å². The maximum atomic E-state index is 13.3. The Bertz CT molecular complexity index is 755. The summed E-state index contributed by atoms with van der Waals surface area (Å²) in [6.07, 6.45) is 2.76. The van der Waals surface area contributed by atoms with E-state index in [1.807, 2.05) is 6.07 Å². The third-order valence-corrected chi connectivity index (χ3v) is 4.80. The van der Waals surface area contributed by atoms with E-state index in [1.165, 1.54) is 12.1 Å². The standard InChI is InChI=1S/C20H21F2NO2/c21-18-5-4-15(12-19(18)22)10-14-6-8-23(9-7-14)13-16-2-1-3-17(11-16)20(24)25/h1-5,11-12,14H,6-10,13H2,(H,24,25). The largest absolute Gasteiger partial charge is 0.478 e. The number of carbonyl (C=O) groups is 1. The SMILES string of the molecule is O=C(O)c1cccc(CN2CCC(Cc3ccc(F)c(F)c3)CC2)c1. The highest BCUT2D eigenvalue weighted by Crippen LogP contribution is 2.23. The Kier molecular flexibility index (Phi) is 5.43. The zero-order valence-corrected chi connectivity index (χ0v) is 13.9. The predicted octanol–water partition coefficient (Wildman–Crippen LogP) is 4.12. The van der Waals surface area contributed by atoms with E-state index in [0.717, 1.165) is 50.0 Å². The zero-order valence-electron chi connectivity index (χ0n) is 13.9. The lowest BCUT2D eigenvalue weighted by molar-refractivity contribution is 0.0696. The molecule has 132 valence electrons. The van der Waals surface area contributed by atoms with E-state index in [1.54, 1.807) is 24.3 Å². The lowest BCUT2D eigenvalue weighted by Gasteiger charge is -2.32. The lowest BCUT2D eigenvalue weighted by Crippen LogP contribution is -2.33. The van der Waals surface area contributed by atoms with E-state index < -0.39 is 17.6 Å². The van der Waals surface area contributed by atoms with Crippen LogP contribution in [0.4, 0.5) is 8.78 Å². The molecule has 1 N–H and O–H groups in total. The summed E-state index contributed by atoms with van der Waals surface area (Å²) in [4.78, 5) is 13.4. The Labute approximate surface area is 145 Å². The van der Waals surface area contributed by atoms with Gasteiger partial charge in [0.25, 0.3) is 0 Å². The first kappa shape index (κ1) is 17.5. The van der Waals surface area contributed by atoms with Crippen molar-refractivity contribution in [3.63, 3.8) is 0 Å². The van der Waals surface area contributed by atoms with Crippen molar-refractivity contribution < 1.29 is 18.7 Å². The Hall–Kier alpha value is -2.27. The molecule has 0 aromatic heterocycles. The molecule has 0 saturated carbocycles. The summed E-state index contributed by atoms with van der Waals surface area (Å²) in [5.41, 5.74) is 2.15. The van der Waals surface area contributed by atoms with Crippen molar-refractivity contribution in [2.45, 2.75) is 25.8 Å². The summed E-state index contributed by atoms with van der Waals surface area (Å²) < 4.78 is 26.3. The molecule has 0 aliphatic carbocycles. The van der Waals surface area contributed by atoms with Gasteiger partial charge < -0.3 is 5.11 Å². The Morgan fingerprint density at radius 2 is 1.80 bits per heavy atom. The molecule has 0 radical (unpaired) electrons. The number of rotatable bonds is 5. The molecule has 1 saturated heterocycles. The number of likely N-dealkylation sites (tertiary alicyclic amines) is 1. The van der Waals surface area contributed by atoms with Gasteiger partial charge in [0.15, 0.2) is 11.6 Å². The predicted molar refractivity (Wildman–Crippen MR) is 91.5 cm³/mol. The van der Waals surface area contributed by atoms with Gasteiger partial charge in [-0.15, -0.1) is 0 Å². The van der Waals surface area contributed by atoms with E-state index in [-0.39, 0.29) is 0 Å². The molecule has 3 rings (SSSR count). The van der Waals surface area contributed by atoms with Crippen LogP contribution in [0.5, 0.6) is 0 Å². The Morgan fingerprint density at radius 1 is 1.04 bits per heavy atom. The number of hydrogen-bond acceptors (Lipinski definition) is 2. The number of halogens is 2. The van der Waals surface area contributed by atoms with E-state index in [9.17, 15) is 13.6 Å². The maximum Gasteiger partial charge on any atom is 0.335 e. The highest BCUT2D eigenvalue weighted by molar-refractivity contribution is 5.87. The molecule has 3 nitrogen and oxygen atoms in total. The number of nitrogens with zero attached hydrogens (tertiary/aromatic N) is 1. The number of benzene rings is 2. The third-order valence-electron chi connectivity index (χ3n) is 4.80. The first-order valence-electron chi connectivity index (χ1n) is 8.50. The summed E-state index contributed by atoms with van der Waals surface area (Å²) in [6, 6.07) is 11.2. The van der Waals surface area contributed by atoms with Gasteiger partial charge in [0.2, 0.25) is 0 Å². The molecular weight excluding hydrogens is 324 g/mol. The van der Waals surface area contributed by atoms with Crippen molar-refractivity contribution in [2.24, 2.45) is 5.92 Å². The van der Waals surface area contributed by atoms with Crippen LogP contribution in [-0.4, -0.2) is 29.1 Å². The number of piperidine rings is 1. The van der Waals surface area contributed by atoms with Crippen molar-refractivity contribution in [1.29, 1.82) is 0 Å². The minimum atomic E-state index is -0.910. The second kappa shape index (κ2) is 7.74. The van der Waals surface area contributed by atoms with Gasteiger partial charge in [0.05, 0.1) is 5.56 Å². The van der Waals surface area contributed by atoms with Crippen LogP contribution in [0.25, 0.3) is 0 Å². The van der Waals surface area contributed by atoms with Gasteiger partial charge in [-0.3, -0.25) is 4.90 Å². The average Bonchev–Trinajstić information content (AvgIpc) is 2.60. The summed E-state index contributed by atoms with van der Waals surface area (Å²) in [7, 11) is 0. The van der Waals surface area contributed by atoms with Gasteiger partial charge in [-0.1, -0.05) is 18.2 Å². The highest BCUT2D eigenvalue weighted by atomic mass is 19.2. The van der Waals surface area contributed by atoms with E-state index in [2.05, 4.69) is 4.90 Å². The van der Waals surface area contributed by atoms with Crippen molar-refractivity contribution in [3.8, 4) is 0 Å². The Balaban J connectivity index is 1.52. The van der Waals surface area contributed by atoms with Gasteiger partial charge >= 0.3 is 5.97 Å². The molecule has 2 aromatic carbocycles. The fourth-order valence-electron chi connectivity index (χ4n) is 3.41. The topological polar surface area (TPSA) is 40.5 Å². The van der Waals surface area contributed by atoms with E-state index in [0.29, 0.717) is 11.5 Å². The zero-order chi connectivity index (χ0) is 17.8. The molecular formula is C20H21F2NO2. The van der Waals surface area contributed by atoms with Crippen LogP contribution in [0, 0.1) is 17.6 Å². The van der Waals surface area contributed by atoms with E-state index in [4.69, 9.17) is 5.11 Å². The van der Waals surface area contributed by atoms with Crippen molar-refractivity contribution in [1.82, 2.24) is 4.90 Å². The van der Waals surface area contributed by atoms with Crippen molar-refractivity contribution in [2.75, 3.05) is 13.1 Å². The second-order valence-electron chi connectivity index (χ2n) is 6.68. The van der Waals surface area contributed by atoms with Crippen LogP contribution in [-0.2, 0) is 13.0 Å². The molecule has 0 amide bonds. The first-order chi connectivity index (χ1) is 12.0. The molecule has 0 atom stereocenters. The van der Waals surface area contributed by atoms with Crippen LogP contribution >= 0.6 is 0 Å². The quantitative estimate of drug-likeness (QED) is 0.886. The van der Waals surface area contributed by atoms with Gasteiger partial charge in [-0.05, 0) is 73.7 Å². The average molecular weight is 345 g/mol. The van der Waals surface area contributed by atoms with Gasteiger partial charge in [0.1, 0.15) is 0 Å². The highest BCUT2D eigenvalue weighted by Gasteiger charge is 2.20. The Morgan fingerprint density at radius 3 is 2.48 bits per heavy atom. The van der Waals surface area contributed by atoms with Gasteiger partial charge in [-0.25, -0.2) is 13.6 Å². The fourth-order valence-corrected chi connectivity index (χ4v) is 3.41. The smallest absolute Gasteiger partial charge is 0.335 e. The molecule has 0 bridgehead atoms. The normalized spacial score (nSPS) is 16.1. The molecule has 1 aliphatic rings. The maximum absolute atomic E-state index is 13.3. The minimum Gasteiger partial charge on any atom is -0.478 e. The van der Waals surface area contributed by atoms with Crippen LogP contribution in [0.3, 0.4) is 0 Å². The van der Waals surface area contributed by atoms with Crippen LogP contribution in [0.1, 0.15) is 34.3 Å². The number of carboxylic acids is 1. The molecule has 1 fully saturated rings. The molecule has 1 aliphatic heterocycles. The van der Waals surface area contributed by atoms with Gasteiger partial charge in [0, 0.05) is 6.54 Å². The summed E-state index contributed by atoms with van der Waals surface area (Å²) >= 11 is 0. The fraction of sp³-hybridized carbons (Fsp3) is 0.350. The van der Waals surface area contributed by atoms with Crippen LogP contribution in [0.2, 0.25) is 0 Å². The second-order valence-corrected chi connectivity index (χ2v) is 6.68. The van der Waals surface area contributed by atoms with Crippen molar-refractivity contribution in [3.05, 3.63) is 70.8 Å². The minimum absolute atomic E-state index is 0.311. The molecule has 5 heteroatoms. The summed E-state index contributed by atoms with van der Waals surface area (Å²) in [6.45, 7) is 2.58. The summed E-state index contributed by atoms with van der Waals surface area (Å²) in [5, 5.41) is 9.06.